The highest BCUT2D eigenvalue weighted by atomic mass is 35.5. The number of unbranched alkanes of at least 4 members (excludes halogenated alkanes) is 2. The second-order valence-corrected chi connectivity index (χ2v) is 4.86. The molecule has 0 saturated heterocycles. The Labute approximate surface area is 108 Å². The van der Waals surface area contributed by atoms with Crippen LogP contribution in [0.25, 0.3) is 0 Å². The van der Waals surface area contributed by atoms with Crippen LogP contribution in [0.1, 0.15) is 50.5 Å². The van der Waals surface area contributed by atoms with E-state index in [1.807, 2.05) is 31.2 Å². The number of anilines is 1. The normalized spacial score (nSPS) is 12.2. The smallest absolute Gasteiger partial charge is 0.224 e. The lowest BCUT2D eigenvalue weighted by molar-refractivity contribution is -0.116. The SMILES string of the molecule is CCCCCC(=O)Nc1ccccc1C(C)Cl. The number of hydrogen-bond donors (Lipinski definition) is 1. The first kappa shape index (κ1) is 14.0. The van der Waals surface area contributed by atoms with Gasteiger partial charge in [0.2, 0.25) is 5.91 Å². The van der Waals surface area contributed by atoms with Crippen LogP contribution < -0.4 is 5.32 Å². The second kappa shape index (κ2) is 7.33. The van der Waals surface area contributed by atoms with Gasteiger partial charge in [0.15, 0.2) is 0 Å². The molecule has 1 aromatic rings. The molecule has 0 aliphatic heterocycles. The van der Waals surface area contributed by atoms with Crippen molar-refractivity contribution in [3.63, 3.8) is 0 Å². The Balaban J connectivity index is 2.58. The van der Waals surface area contributed by atoms with Gasteiger partial charge in [-0.15, -0.1) is 11.6 Å². The van der Waals surface area contributed by atoms with E-state index < -0.39 is 0 Å². The molecule has 0 aliphatic rings. The van der Waals surface area contributed by atoms with Crippen LogP contribution in [-0.4, -0.2) is 5.91 Å². The minimum atomic E-state index is -0.0952. The molecule has 1 aromatic carbocycles. The zero-order valence-electron chi connectivity index (χ0n) is 10.5. The van der Waals surface area contributed by atoms with E-state index in [4.69, 9.17) is 11.6 Å². The maximum atomic E-state index is 11.7. The summed E-state index contributed by atoms with van der Waals surface area (Å²) in [6, 6.07) is 7.68. The van der Waals surface area contributed by atoms with E-state index in [9.17, 15) is 4.79 Å². The van der Waals surface area contributed by atoms with E-state index in [2.05, 4.69) is 12.2 Å². The highest BCUT2D eigenvalue weighted by Gasteiger charge is 2.09. The zero-order valence-corrected chi connectivity index (χ0v) is 11.3. The van der Waals surface area contributed by atoms with Gasteiger partial charge in [-0.1, -0.05) is 38.0 Å². The summed E-state index contributed by atoms with van der Waals surface area (Å²) < 4.78 is 0. The molecule has 17 heavy (non-hydrogen) atoms. The summed E-state index contributed by atoms with van der Waals surface area (Å²) in [4.78, 5) is 11.7. The maximum absolute atomic E-state index is 11.7. The lowest BCUT2D eigenvalue weighted by atomic mass is 10.1. The van der Waals surface area contributed by atoms with E-state index in [0.29, 0.717) is 6.42 Å². The van der Waals surface area contributed by atoms with Crippen molar-refractivity contribution in [2.45, 2.75) is 44.9 Å². The van der Waals surface area contributed by atoms with E-state index in [1.54, 1.807) is 0 Å². The number of nitrogens with one attached hydrogen (secondary N) is 1. The van der Waals surface area contributed by atoms with Crippen LogP contribution in [0.15, 0.2) is 24.3 Å². The molecule has 0 bridgehead atoms. The molecule has 1 N–H and O–H groups in total. The fraction of sp³-hybridized carbons (Fsp3) is 0.500. The first-order valence-electron chi connectivity index (χ1n) is 6.18. The van der Waals surface area contributed by atoms with Gasteiger partial charge in [-0.05, 0) is 25.0 Å². The summed E-state index contributed by atoms with van der Waals surface area (Å²) in [6.07, 6.45) is 3.75. The highest BCUT2D eigenvalue weighted by Crippen LogP contribution is 2.27. The molecular weight excluding hydrogens is 234 g/mol. The molecule has 0 saturated carbocycles. The van der Waals surface area contributed by atoms with Gasteiger partial charge in [0.1, 0.15) is 0 Å². The number of rotatable bonds is 6. The fourth-order valence-corrected chi connectivity index (χ4v) is 1.90. The highest BCUT2D eigenvalue weighted by molar-refractivity contribution is 6.21. The van der Waals surface area contributed by atoms with Crippen molar-refractivity contribution in [2.75, 3.05) is 5.32 Å². The van der Waals surface area contributed by atoms with Crippen molar-refractivity contribution in [1.82, 2.24) is 0 Å². The van der Waals surface area contributed by atoms with Crippen LogP contribution in [0.2, 0.25) is 0 Å². The standard InChI is InChI=1S/C14H20ClNO/c1-3-4-5-10-14(17)16-13-9-7-6-8-12(13)11(2)15/h6-9,11H,3-5,10H2,1-2H3,(H,16,17). The molecule has 0 fully saturated rings. The largest absolute Gasteiger partial charge is 0.326 e. The van der Waals surface area contributed by atoms with Gasteiger partial charge >= 0.3 is 0 Å². The van der Waals surface area contributed by atoms with Crippen molar-refractivity contribution in [3.8, 4) is 0 Å². The Morgan fingerprint density at radius 3 is 2.71 bits per heavy atom. The van der Waals surface area contributed by atoms with Gasteiger partial charge in [-0.3, -0.25) is 4.79 Å². The first-order valence-corrected chi connectivity index (χ1v) is 6.61. The lowest BCUT2D eigenvalue weighted by Crippen LogP contribution is -2.12. The van der Waals surface area contributed by atoms with E-state index in [0.717, 1.165) is 30.5 Å². The van der Waals surface area contributed by atoms with E-state index >= 15 is 0 Å². The number of carbonyl (C=O) groups is 1. The lowest BCUT2D eigenvalue weighted by Gasteiger charge is -2.12. The Hall–Kier alpha value is -1.02. The van der Waals surface area contributed by atoms with Crippen LogP contribution in [0.3, 0.4) is 0 Å². The van der Waals surface area contributed by atoms with Gasteiger partial charge in [0.05, 0.1) is 5.38 Å². The summed E-state index contributed by atoms with van der Waals surface area (Å²) in [5, 5.41) is 2.83. The maximum Gasteiger partial charge on any atom is 0.224 e. The number of halogens is 1. The molecule has 1 atom stereocenters. The van der Waals surface area contributed by atoms with Crippen LogP contribution in [0, 0.1) is 0 Å². The third kappa shape index (κ3) is 4.78. The number of benzene rings is 1. The Morgan fingerprint density at radius 2 is 2.06 bits per heavy atom. The van der Waals surface area contributed by atoms with Crippen LogP contribution in [0.4, 0.5) is 5.69 Å². The minimum Gasteiger partial charge on any atom is -0.326 e. The molecule has 3 heteroatoms. The molecule has 1 rings (SSSR count). The minimum absolute atomic E-state index is 0.0724. The molecule has 0 heterocycles. The molecular formula is C14H20ClNO. The molecule has 0 aromatic heterocycles. The number of carbonyl (C=O) groups excluding carboxylic acids is 1. The van der Waals surface area contributed by atoms with Gasteiger partial charge in [-0.25, -0.2) is 0 Å². The van der Waals surface area contributed by atoms with Crippen molar-refractivity contribution in [2.24, 2.45) is 0 Å². The average molecular weight is 254 g/mol. The molecule has 0 radical (unpaired) electrons. The van der Waals surface area contributed by atoms with Crippen molar-refractivity contribution < 1.29 is 4.79 Å². The van der Waals surface area contributed by atoms with Gasteiger partial charge in [0.25, 0.3) is 0 Å². The molecule has 94 valence electrons. The van der Waals surface area contributed by atoms with Gasteiger partial charge < -0.3 is 5.32 Å². The molecule has 0 aliphatic carbocycles. The molecule has 2 nitrogen and oxygen atoms in total. The van der Waals surface area contributed by atoms with Crippen molar-refractivity contribution in [3.05, 3.63) is 29.8 Å². The van der Waals surface area contributed by atoms with E-state index in [-0.39, 0.29) is 11.3 Å². The summed E-state index contributed by atoms with van der Waals surface area (Å²) in [5.41, 5.74) is 1.80. The number of amides is 1. The summed E-state index contributed by atoms with van der Waals surface area (Å²) in [5.74, 6) is 0.0724. The molecule has 1 amide bonds. The average Bonchev–Trinajstić information content (AvgIpc) is 2.29. The number of para-hydroxylation sites is 1. The summed E-state index contributed by atoms with van der Waals surface area (Å²) in [7, 11) is 0. The third-order valence-electron chi connectivity index (χ3n) is 2.67. The van der Waals surface area contributed by atoms with Crippen molar-refractivity contribution >= 4 is 23.2 Å². The first-order chi connectivity index (χ1) is 8.15. The quantitative estimate of drug-likeness (QED) is 0.587. The zero-order chi connectivity index (χ0) is 12.7. The molecule has 1 unspecified atom stereocenters. The molecule has 0 spiro atoms. The van der Waals surface area contributed by atoms with Gasteiger partial charge in [0, 0.05) is 12.1 Å². The van der Waals surface area contributed by atoms with E-state index in [1.165, 1.54) is 0 Å². The fourth-order valence-electron chi connectivity index (χ4n) is 1.71. The predicted octanol–water partition coefficient (Wildman–Crippen LogP) is 4.51. The van der Waals surface area contributed by atoms with Crippen LogP contribution in [-0.2, 0) is 4.79 Å². The topological polar surface area (TPSA) is 29.1 Å². The van der Waals surface area contributed by atoms with Crippen LogP contribution >= 0.6 is 11.6 Å². The second-order valence-electron chi connectivity index (χ2n) is 4.21. The predicted molar refractivity (Wildman–Crippen MR) is 73.5 cm³/mol. The van der Waals surface area contributed by atoms with Gasteiger partial charge in [-0.2, -0.15) is 0 Å². The Morgan fingerprint density at radius 1 is 1.35 bits per heavy atom. The monoisotopic (exact) mass is 253 g/mol. The number of hydrogen-bond acceptors (Lipinski definition) is 1. The van der Waals surface area contributed by atoms with Crippen LogP contribution in [0.5, 0.6) is 0 Å². The number of alkyl halides is 1. The summed E-state index contributed by atoms with van der Waals surface area (Å²) >= 11 is 6.07. The Bertz CT molecular complexity index is 363. The summed E-state index contributed by atoms with van der Waals surface area (Å²) in [6.45, 7) is 4.03. The third-order valence-corrected chi connectivity index (χ3v) is 2.91. The van der Waals surface area contributed by atoms with Crippen molar-refractivity contribution in [1.29, 1.82) is 0 Å². The Kier molecular flexibility index (Phi) is 6.06.